The Balaban J connectivity index is 1.75. The summed E-state index contributed by atoms with van der Waals surface area (Å²) in [5.74, 6) is -1.20. The van der Waals surface area contributed by atoms with E-state index in [4.69, 9.17) is 27.9 Å². The van der Waals surface area contributed by atoms with Gasteiger partial charge in [-0.25, -0.2) is 13.2 Å². The molecule has 1 amide bonds. The second-order valence-electron chi connectivity index (χ2n) is 8.84. The van der Waals surface area contributed by atoms with Crippen LogP contribution >= 0.6 is 23.2 Å². The van der Waals surface area contributed by atoms with Crippen molar-refractivity contribution in [2.24, 2.45) is 0 Å². The van der Waals surface area contributed by atoms with E-state index in [2.05, 4.69) is 5.32 Å². The smallest absolute Gasteiger partial charge is 0.339 e. The van der Waals surface area contributed by atoms with Crippen LogP contribution in [0.2, 0.25) is 10.0 Å². The first-order valence-electron chi connectivity index (χ1n) is 12.3. The zero-order chi connectivity index (χ0) is 28.9. The summed E-state index contributed by atoms with van der Waals surface area (Å²) in [4.78, 5) is 25.9. The largest absolute Gasteiger partial charge is 0.462 e. The van der Waals surface area contributed by atoms with Gasteiger partial charge in [-0.15, -0.1) is 0 Å². The van der Waals surface area contributed by atoms with Crippen molar-refractivity contribution in [2.45, 2.75) is 25.3 Å². The molecule has 206 valence electrons. The van der Waals surface area contributed by atoms with Gasteiger partial charge < -0.3 is 10.1 Å². The van der Waals surface area contributed by atoms with Gasteiger partial charge >= 0.3 is 5.97 Å². The lowest BCUT2D eigenvalue weighted by Crippen LogP contribution is -2.32. The van der Waals surface area contributed by atoms with Gasteiger partial charge in [0.25, 0.3) is 15.9 Å². The van der Waals surface area contributed by atoms with Crippen LogP contribution in [0.5, 0.6) is 0 Å². The van der Waals surface area contributed by atoms with Crippen LogP contribution in [0.25, 0.3) is 0 Å². The van der Waals surface area contributed by atoms with E-state index in [0.717, 1.165) is 5.56 Å². The molecule has 0 spiro atoms. The maximum atomic E-state index is 14.0. The number of carbonyl (C=O) groups is 2. The molecule has 0 saturated carbocycles. The number of para-hydroxylation sites is 1. The zero-order valence-corrected chi connectivity index (χ0v) is 24.1. The number of amides is 1. The average molecular weight is 598 g/mol. The summed E-state index contributed by atoms with van der Waals surface area (Å²) in [5.41, 5.74) is 2.26. The van der Waals surface area contributed by atoms with Gasteiger partial charge in [-0.05, 0) is 74.0 Å². The van der Waals surface area contributed by atoms with Crippen LogP contribution in [0.4, 0.5) is 11.4 Å². The van der Waals surface area contributed by atoms with E-state index in [-0.39, 0.29) is 45.6 Å². The number of rotatable bonds is 9. The fourth-order valence-corrected chi connectivity index (χ4v) is 5.73. The number of nitrogens with zero attached hydrogens (tertiary/aromatic N) is 1. The number of anilines is 2. The van der Waals surface area contributed by atoms with Crippen molar-refractivity contribution in [2.75, 3.05) is 16.2 Å². The van der Waals surface area contributed by atoms with Crippen LogP contribution in [0.3, 0.4) is 0 Å². The van der Waals surface area contributed by atoms with Crippen LogP contribution in [-0.4, -0.2) is 26.9 Å². The Morgan fingerprint density at radius 2 is 1.55 bits per heavy atom. The summed E-state index contributed by atoms with van der Waals surface area (Å²) in [6.45, 7) is 3.66. The van der Waals surface area contributed by atoms with E-state index in [1.54, 1.807) is 67.6 Å². The molecule has 7 nitrogen and oxygen atoms in total. The lowest BCUT2D eigenvalue weighted by Gasteiger charge is -2.27. The number of halogens is 2. The van der Waals surface area contributed by atoms with E-state index in [9.17, 15) is 18.0 Å². The summed E-state index contributed by atoms with van der Waals surface area (Å²) in [5, 5.41) is 3.44. The number of esters is 1. The number of ether oxygens (including phenoxy) is 1. The number of hydrogen-bond acceptors (Lipinski definition) is 5. The van der Waals surface area contributed by atoms with Crippen molar-refractivity contribution in [3.63, 3.8) is 0 Å². The van der Waals surface area contributed by atoms with Gasteiger partial charge in [0, 0.05) is 10.7 Å². The van der Waals surface area contributed by atoms with E-state index in [1.165, 1.54) is 34.6 Å². The minimum atomic E-state index is -4.10. The summed E-state index contributed by atoms with van der Waals surface area (Å²) in [6, 6.07) is 24.1. The standard InChI is InChI=1S/C30H26Cl2N2O5S/c1-3-39-30(36)26-18-23(14-17-27(26)32)33-29(35)25-6-4-5-7-28(25)34(19-21-10-12-22(31)13-11-21)40(37,38)24-15-8-20(2)9-16-24/h4-18H,3,19H2,1-2H3,(H,33,35). The van der Waals surface area contributed by atoms with E-state index < -0.39 is 21.9 Å². The highest BCUT2D eigenvalue weighted by molar-refractivity contribution is 7.92. The second-order valence-corrected chi connectivity index (χ2v) is 11.5. The van der Waals surface area contributed by atoms with Gasteiger partial charge in [-0.2, -0.15) is 0 Å². The number of nitrogens with one attached hydrogen (secondary N) is 1. The molecule has 0 aromatic heterocycles. The van der Waals surface area contributed by atoms with Crippen LogP contribution < -0.4 is 9.62 Å². The van der Waals surface area contributed by atoms with Crippen LogP contribution in [0.15, 0.2) is 95.9 Å². The molecule has 0 aliphatic rings. The zero-order valence-electron chi connectivity index (χ0n) is 21.7. The third-order valence-electron chi connectivity index (χ3n) is 5.99. The molecule has 0 radical (unpaired) electrons. The average Bonchev–Trinajstić information content (AvgIpc) is 2.94. The Bertz CT molecular complexity index is 1640. The van der Waals surface area contributed by atoms with Gasteiger partial charge in [-0.1, -0.05) is 65.2 Å². The highest BCUT2D eigenvalue weighted by Gasteiger charge is 2.29. The summed E-state index contributed by atoms with van der Waals surface area (Å²) in [6.07, 6.45) is 0. The minimum absolute atomic E-state index is 0.0500. The predicted molar refractivity (Wildman–Crippen MR) is 158 cm³/mol. The number of sulfonamides is 1. The fourth-order valence-electron chi connectivity index (χ4n) is 3.94. The van der Waals surface area contributed by atoms with Crippen molar-refractivity contribution >= 4 is 56.5 Å². The van der Waals surface area contributed by atoms with E-state index >= 15 is 0 Å². The summed E-state index contributed by atoms with van der Waals surface area (Å²) < 4.78 is 34.2. The number of hydrogen-bond donors (Lipinski definition) is 1. The van der Waals surface area contributed by atoms with Crippen molar-refractivity contribution < 1.29 is 22.7 Å². The van der Waals surface area contributed by atoms with Crippen LogP contribution in [-0.2, 0) is 21.3 Å². The summed E-state index contributed by atoms with van der Waals surface area (Å²) in [7, 11) is -4.10. The third-order valence-corrected chi connectivity index (χ3v) is 8.34. The molecular weight excluding hydrogens is 571 g/mol. The third kappa shape index (κ3) is 6.65. The van der Waals surface area contributed by atoms with E-state index in [1.807, 2.05) is 6.92 Å². The molecule has 4 aromatic carbocycles. The quantitative estimate of drug-likeness (QED) is 0.207. The molecule has 0 saturated heterocycles. The molecule has 0 heterocycles. The minimum Gasteiger partial charge on any atom is -0.462 e. The normalized spacial score (nSPS) is 11.1. The first kappa shape index (κ1) is 29.1. The lowest BCUT2D eigenvalue weighted by molar-refractivity contribution is 0.0526. The number of aryl methyl sites for hydroxylation is 1. The van der Waals surface area contributed by atoms with E-state index in [0.29, 0.717) is 10.6 Å². The second kappa shape index (κ2) is 12.6. The molecular formula is C30H26Cl2N2O5S. The van der Waals surface area contributed by atoms with Crippen LogP contribution in [0, 0.1) is 6.92 Å². The topological polar surface area (TPSA) is 92.8 Å². The molecule has 4 aromatic rings. The highest BCUT2D eigenvalue weighted by Crippen LogP contribution is 2.31. The lowest BCUT2D eigenvalue weighted by atomic mass is 10.1. The molecule has 0 fully saturated rings. The van der Waals surface area contributed by atoms with Crippen LogP contribution in [0.1, 0.15) is 38.8 Å². The predicted octanol–water partition coefficient (Wildman–Crippen LogP) is 7.13. The van der Waals surface area contributed by atoms with Gasteiger partial charge in [0.1, 0.15) is 0 Å². The molecule has 10 heteroatoms. The monoisotopic (exact) mass is 596 g/mol. The number of carbonyl (C=O) groups excluding carboxylic acids is 2. The van der Waals surface area contributed by atoms with Crippen molar-refractivity contribution in [1.29, 1.82) is 0 Å². The Morgan fingerprint density at radius 1 is 0.875 bits per heavy atom. The molecule has 1 N–H and O–H groups in total. The Kier molecular flexibility index (Phi) is 9.14. The SMILES string of the molecule is CCOC(=O)c1cc(NC(=O)c2ccccc2N(Cc2ccc(Cl)cc2)S(=O)(=O)c2ccc(C)cc2)ccc1Cl. The maximum Gasteiger partial charge on any atom is 0.339 e. The molecule has 0 unspecified atom stereocenters. The van der Waals surface area contributed by atoms with Gasteiger partial charge in [0.2, 0.25) is 0 Å². The first-order chi connectivity index (χ1) is 19.1. The van der Waals surface area contributed by atoms with Crippen molar-refractivity contribution in [3.05, 3.63) is 123 Å². The van der Waals surface area contributed by atoms with Crippen molar-refractivity contribution in [1.82, 2.24) is 0 Å². The number of benzene rings is 4. The highest BCUT2D eigenvalue weighted by atomic mass is 35.5. The van der Waals surface area contributed by atoms with Gasteiger partial charge in [0.05, 0.1) is 39.9 Å². The van der Waals surface area contributed by atoms with Gasteiger partial charge in [-0.3, -0.25) is 9.10 Å². The molecule has 0 atom stereocenters. The van der Waals surface area contributed by atoms with Gasteiger partial charge in [0.15, 0.2) is 0 Å². The molecule has 40 heavy (non-hydrogen) atoms. The summed E-state index contributed by atoms with van der Waals surface area (Å²) >= 11 is 12.2. The maximum absolute atomic E-state index is 14.0. The molecule has 4 rings (SSSR count). The molecule has 0 bridgehead atoms. The first-order valence-corrected chi connectivity index (χ1v) is 14.5. The molecule has 0 aliphatic carbocycles. The Hall–Kier alpha value is -3.85. The fraction of sp³-hybridized carbons (Fsp3) is 0.133. The Morgan fingerprint density at radius 3 is 2.23 bits per heavy atom. The molecule has 0 aliphatic heterocycles. The van der Waals surface area contributed by atoms with Crippen molar-refractivity contribution in [3.8, 4) is 0 Å². The Labute approximate surface area is 243 Å².